The highest BCUT2D eigenvalue weighted by Gasteiger charge is 2.65. The number of allylic oxidation sites excluding steroid dienone is 1. The second-order valence-corrected chi connectivity index (χ2v) is 14.4. The third-order valence-electron chi connectivity index (χ3n) is 11.2. The molecule has 1 amide bonds. The summed E-state index contributed by atoms with van der Waals surface area (Å²) in [6.07, 6.45) is 11.0. The quantitative estimate of drug-likeness (QED) is 0.0903. The number of hydrogen-bond donors (Lipinski definition) is 2. The summed E-state index contributed by atoms with van der Waals surface area (Å²) in [7, 11) is 3.09. The second kappa shape index (κ2) is 17.6. The van der Waals surface area contributed by atoms with E-state index in [4.69, 9.17) is 33.7 Å². The van der Waals surface area contributed by atoms with E-state index in [1.165, 1.54) is 7.11 Å². The van der Waals surface area contributed by atoms with Gasteiger partial charge in [0.2, 0.25) is 12.1 Å². The van der Waals surface area contributed by atoms with E-state index in [2.05, 4.69) is 23.6 Å². The van der Waals surface area contributed by atoms with E-state index >= 15 is 0 Å². The molecule has 3 heterocycles. The lowest BCUT2D eigenvalue weighted by Crippen LogP contribution is -2.69. The lowest BCUT2D eigenvalue weighted by Gasteiger charge is -2.59. The molecule has 2 saturated heterocycles. The van der Waals surface area contributed by atoms with E-state index in [0.717, 1.165) is 87.2 Å². The molecule has 1 saturated carbocycles. The Bertz CT molecular complexity index is 1390. The van der Waals surface area contributed by atoms with Crippen molar-refractivity contribution in [2.24, 2.45) is 22.9 Å². The largest absolute Gasteiger partial charge is 0.492 e. The molecule has 0 radical (unpaired) electrons. The smallest absolute Gasteiger partial charge is 0.409 e. The number of carbonyl (C=O) groups excluding carboxylic acids is 1. The van der Waals surface area contributed by atoms with Crippen LogP contribution in [0.2, 0.25) is 0 Å². The number of carbonyl (C=O) groups is 1. The Morgan fingerprint density at radius 3 is 2.67 bits per heavy atom. The number of methoxy groups -OCH3 is 1. The molecule has 1 aromatic rings. The number of ether oxygens (including phenoxy) is 5. The molecule has 0 bridgehead atoms. The van der Waals surface area contributed by atoms with Gasteiger partial charge in [-0.3, -0.25) is 4.90 Å². The molecule has 1 aromatic carbocycles. The van der Waals surface area contributed by atoms with Crippen LogP contribution in [0.15, 0.2) is 47.7 Å². The van der Waals surface area contributed by atoms with E-state index < -0.39 is 24.2 Å². The number of nitrogens with zero attached hydrogens (tertiary/aromatic N) is 3. The molecular formula is C39H57N3O9. The number of hydrogen-bond acceptors (Lipinski definition) is 11. The minimum absolute atomic E-state index is 0.114. The summed E-state index contributed by atoms with van der Waals surface area (Å²) in [5, 5.41) is 24.4. The Labute approximate surface area is 302 Å². The van der Waals surface area contributed by atoms with Crippen LogP contribution in [0.25, 0.3) is 0 Å². The number of rotatable bonds is 18. The molecule has 7 unspecified atom stereocenters. The van der Waals surface area contributed by atoms with Crippen molar-refractivity contribution >= 4 is 11.8 Å². The molecule has 12 heteroatoms. The lowest BCUT2D eigenvalue weighted by atomic mass is 9.55. The number of amides is 1. The molecule has 282 valence electrons. The Morgan fingerprint density at radius 2 is 1.96 bits per heavy atom. The molecule has 12 nitrogen and oxygen atoms in total. The van der Waals surface area contributed by atoms with Gasteiger partial charge in [-0.05, 0) is 74.1 Å². The van der Waals surface area contributed by atoms with Gasteiger partial charge < -0.3 is 43.6 Å². The zero-order chi connectivity index (χ0) is 35.8. The summed E-state index contributed by atoms with van der Waals surface area (Å²) in [5.41, 5.74) is 2.75. The van der Waals surface area contributed by atoms with Crippen LogP contribution >= 0.6 is 0 Å². The molecule has 0 spiro atoms. The maximum Gasteiger partial charge on any atom is 0.409 e. The van der Waals surface area contributed by atoms with Crippen LogP contribution in [-0.2, 0) is 19.0 Å². The number of aliphatic hydroxyl groups excluding tert-OH is 2. The van der Waals surface area contributed by atoms with Crippen LogP contribution in [0.1, 0.15) is 75.7 Å². The molecule has 3 aliphatic heterocycles. The van der Waals surface area contributed by atoms with E-state index in [9.17, 15) is 15.0 Å². The van der Waals surface area contributed by atoms with Crippen molar-refractivity contribution in [2.45, 2.75) is 88.2 Å². The summed E-state index contributed by atoms with van der Waals surface area (Å²) in [5.74, 6) is -0.0508. The number of likely N-dealkylation sites (N-methyl/N-ethyl adjacent to an activating group) is 1. The molecular weight excluding hydrogens is 654 g/mol. The van der Waals surface area contributed by atoms with Gasteiger partial charge in [0.15, 0.2) is 0 Å². The zero-order valence-electron chi connectivity index (χ0n) is 30.4. The Hall–Kier alpha value is -3.16. The number of oxime groups is 1. The summed E-state index contributed by atoms with van der Waals surface area (Å²) in [6, 6.07) is 5.42. The van der Waals surface area contributed by atoms with Crippen molar-refractivity contribution in [2.75, 3.05) is 66.8 Å². The van der Waals surface area contributed by atoms with Crippen molar-refractivity contribution in [3.63, 3.8) is 0 Å². The van der Waals surface area contributed by atoms with Crippen LogP contribution in [0, 0.1) is 17.8 Å². The third-order valence-corrected chi connectivity index (χ3v) is 11.2. The first kappa shape index (κ1) is 37.6. The third kappa shape index (κ3) is 8.41. The first-order valence-electron chi connectivity index (χ1n) is 19.0. The van der Waals surface area contributed by atoms with Crippen LogP contribution in [0.3, 0.4) is 0 Å². The number of fused-ring (bicyclic) bond motifs is 2. The van der Waals surface area contributed by atoms with Crippen LogP contribution in [0.5, 0.6) is 11.5 Å². The fraction of sp³-hybridized carbons (Fsp3) is 0.692. The highest BCUT2D eigenvalue weighted by Crippen LogP contribution is 2.61. The van der Waals surface area contributed by atoms with Crippen molar-refractivity contribution in [1.29, 1.82) is 0 Å². The summed E-state index contributed by atoms with van der Waals surface area (Å²) >= 11 is 0. The number of unbranched alkanes of at least 4 members (excludes halogenated alkanes) is 2. The van der Waals surface area contributed by atoms with Gasteiger partial charge in [0.1, 0.15) is 24.1 Å². The average Bonchev–Trinajstić information content (AvgIpc) is 3.99. The van der Waals surface area contributed by atoms with E-state index in [0.29, 0.717) is 38.2 Å². The van der Waals surface area contributed by atoms with Gasteiger partial charge in [0.05, 0.1) is 32.0 Å². The van der Waals surface area contributed by atoms with Gasteiger partial charge in [-0.1, -0.05) is 30.1 Å². The van der Waals surface area contributed by atoms with Gasteiger partial charge >= 0.3 is 6.09 Å². The fourth-order valence-electron chi connectivity index (χ4n) is 8.59. The molecule has 7 atom stereocenters. The minimum atomic E-state index is -1.31. The van der Waals surface area contributed by atoms with E-state index in [-0.39, 0.29) is 43.5 Å². The summed E-state index contributed by atoms with van der Waals surface area (Å²) in [6.45, 7) is 8.76. The van der Waals surface area contributed by atoms with Crippen LogP contribution < -0.4 is 9.47 Å². The van der Waals surface area contributed by atoms with Crippen LogP contribution in [-0.4, -0.2) is 117 Å². The summed E-state index contributed by atoms with van der Waals surface area (Å²) in [4.78, 5) is 23.4. The average molecular weight is 712 g/mol. The van der Waals surface area contributed by atoms with Gasteiger partial charge in [0.25, 0.3) is 0 Å². The van der Waals surface area contributed by atoms with Crippen molar-refractivity contribution < 1.29 is 43.5 Å². The zero-order valence-corrected chi connectivity index (χ0v) is 30.4. The predicted octanol–water partition coefficient (Wildman–Crippen LogP) is 5.24. The number of benzene rings is 1. The number of aliphatic hydroxyl groups is 2. The summed E-state index contributed by atoms with van der Waals surface area (Å²) < 4.78 is 31.5. The Morgan fingerprint density at radius 1 is 1.16 bits per heavy atom. The molecule has 0 aromatic heterocycles. The Kier molecular flexibility index (Phi) is 13.0. The van der Waals surface area contributed by atoms with Gasteiger partial charge in [-0.25, -0.2) is 4.79 Å². The highest BCUT2D eigenvalue weighted by atomic mass is 16.8. The van der Waals surface area contributed by atoms with Gasteiger partial charge in [-0.2, -0.15) is 0 Å². The maximum atomic E-state index is 13.3. The molecule has 2 aliphatic carbocycles. The van der Waals surface area contributed by atoms with E-state index in [1.54, 1.807) is 18.0 Å². The second-order valence-electron chi connectivity index (χ2n) is 14.4. The Balaban J connectivity index is 1.51. The molecule has 5 aliphatic rings. The monoisotopic (exact) mass is 711 g/mol. The fourth-order valence-corrected chi connectivity index (χ4v) is 8.59. The maximum absolute atomic E-state index is 13.3. The molecule has 3 fully saturated rings. The van der Waals surface area contributed by atoms with Crippen LogP contribution in [0.4, 0.5) is 4.79 Å². The normalized spacial score (nSPS) is 30.4. The van der Waals surface area contributed by atoms with Crippen molar-refractivity contribution in [3.05, 3.63) is 48.1 Å². The van der Waals surface area contributed by atoms with Crippen molar-refractivity contribution in [1.82, 2.24) is 9.80 Å². The van der Waals surface area contributed by atoms with E-state index in [1.807, 2.05) is 12.1 Å². The SMILES string of the molecule is C=CCOC12Oc3ccc(OCCN4CC4)cc3C3C(CCCCO)C(CCCCO)C=C(C(=NOC4CCCCO4)CC1N(C)C(=O)OC)C32. The highest BCUT2D eigenvalue weighted by molar-refractivity contribution is 6.02. The molecule has 6 rings (SSSR count). The van der Waals surface area contributed by atoms with Crippen molar-refractivity contribution in [3.8, 4) is 11.5 Å². The van der Waals surface area contributed by atoms with Gasteiger partial charge in [0, 0.05) is 64.2 Å². The molecule has 51 heavy (non-hydrogen) atoms. The minimum Gasteiger partial charge on any atom is -0.492 e. The predicted molar refractivity (Wildman–Crippen MR) is 192 cm³/mol. The standard InChI is InChI=1S/C39H57N3O9/c1-4-21-49-39-34(41(2)38(45)46-3)26-32(40-51-35-13-7-10-22-48-35)30-24-27(11-5-8-19-43)29(12-6-9-20-44)36(37(30)39)31-25-28(14-15-33(31)50-39)47-23-18-42-16-17-42/h4,14-15,24-25,27,29,34-37,43-44H,1,5-13,16-23,26H2,2-3H3. The first-order valence-corrected chi connectivity index (χ1v) is 19.0. The van der Waals surface area contributed by atoms with Gasteiger partial charge in [-0.15, -0.1) is 6.58 Å². The topological polar surface area (TPSA) is 132 Å². The lowest BCUT2D eigenvalue weighted by molar-refractivity contribution is -0.253. The molecule has 2 N–H and O–H groups in total. The first-order chi connectivity index (χ1) is 24.9.